The second-order valence-corrected chi connectivity index (χ2v) is 8.08. The average molecular weight is 363 g/mol. The van der Waals surface area contributed by atoms with E-state index in [-0.39, 0.29) is 12.1 Å². The van der Waals surface area contributed by atoms with Gasteiger partial charge in [0.25, 0.3) is 0 Å². The Hall–Kier alpha value is -2.82. The van der Waals surface area contributed by atoms with Crippen molar-refractivity contribution < 1.29 is 9.53 Å². The van der Waals surface area contributed by atoms with Crippen LogP contribution in [-0.2, 0) is 4.74 Å². The molecule has 27 heavy (non-hydrogen) atoms. The van der Waals surface area contributed by atoms with E-state index in [0.717, 1.165) is 29.9 Å². The van der Waals surface area contributed by atoms with E-state index >= 15 is 0 Å². The zero-order valence-corrected chi connectivity index (χ0v) is 16.0. The molecular formula is C22H25N3O2. The number of amides is 1. The third kappa shape index (κ3) is 3.68. The van der Waals surface area contributed by atoms with Crippen LogP contribution in [0.3, 0.4) is 0 Å². The number of nitrogens with zero attached hydrogens (tertiary/aromatic N) is 2. The van der Waals surface area contributed by atoms with E-state index in [1.54, 1.807) is 4.90 Å². The van der Waals surface area contributed by atoms with Crippen LogP contribution in [0.1, 0.15) is 45.5 Å². The summed E-state index contributed by atoms with van der Waals surface area (Å²) in [5, 5.41) is 2.41. The van der Waals surface area contributed by atoms with E-state index in [4.69, 9.17) is 4.74 Å². The molecule has 4 rings (SSSR count). The number of H-pyrrole nitrogens is 1. The molecule has 0 unspecified atom stereocenters. The number of hydrogen-bond donors (Lipinski definition) is 1. The molecular weight excluding hydrogens is 338 g/mol. The molecule has 0 bridgehead atoms. The van der Waals surface area contributed by atoms with Gasteiger partial charge >= 0.3 is 6.09 Å². The standard InChI is InChI=1S/C22H25N3O2/c1-22(2,3)27-21(26)25-12-6-9-19(25)20-23-14-18(24-20)17-11-10-15-7-4-5-8-16(15)13-17/h4-5,7-8,10-11,13-14,19H,6,9,12H2,1-3H3,(H,23,24)/t19-/m0/s1. The number of carbonyl (C=O) groups excluding carboxylic acids is 1. The number of nitrogens with one attached hydrogen (secondary N) is 1. The van der Waals surface area contributed by atoms with Crippen LogP contribution in [0.2, 0.25) is 0 Å². The lowest BCUT2D eigenvalue weighted by Crippen LogP contribution is -2.36. The number of imidazole rings is 1. The molecule has 1 fully saturated rings. The Balaban J connectivity index is 1.58. The van der Waals surface area contributed by atoms with Gasteiger partial charge in [0.15, 0.2) is 0 Å². The Bertz CT molecular complexity index is 971. The highest BCUT2D eigenvalue weighted by atomic mass is 16.6. The van der Waals surface area contributed by atoms with Crippen molar-refractivity contribution in [1.82, 2.24) is 14.9 Å². The van der Waals surface area contributed by atoms with Crippen LogP contribution in [0.25, 0.3) is 22.0 Å². The lowest BCUT2D eigenvalue weighted by atomic mass is 10.1. The molecule has 3 aromatic rings. The minimum Gasteiger partial charge on any atom is -0.444 e. The Kier molecular flexibility index (Phi) is 4.38. The molecule has 1 saturated heterocycles. The van der Waals surface area contributed by atoms with Gasteiger partial charge in [-0.1, -0.05) is 36.4 Å². The molecule has 1 aliphatic heterocycles. The summed E-state index contributed by atoms with van der Waals surface area (Å²) in [6.07, 6.45) is 3.43. The second-order valence-electron chi connectivity index (χ2n) is 8.08. The van der Waals surface area contributed by atoms with Crippen molar-refractivity contribution in [2.75, 3.05) is 6.54 Å². The van der Waals surface area contributed by atoms with Crippen molar-refractivity contribution in [3.05, 3.63) is 54.5 Å². The molecule has 0 spiro atoms. The molecule has 2 heterocycles. The quantitative estimate of drug-likeness (QED) is 0.672. The number of fused-ring (bicyclic) bond motifs is 1. The molecule has 1 aromatic heterocycles. The highest BCUT2D eigenvalue weighted by Gasteiger charge is 2.34. The van der Waals surface area contributed by atoms with E-state index in [1.165, 1.54) is 10.8 Å². The topological polar surface area (TPSA) is 58.2 Å². The molecule has 1 atom stereocenters. The first-order valence-electron chi connectivity index (χ1n) is 9.44. The molecule has 1 N–H and O–H groups in total. The van der Waals surface area contributed by atoms with Crippen molar-refractivity contribution in [1.29, 1.82) is 0 Å². The lowest BCUT2D eigenvalue weighted by Gasteiger charge is -2.27. The van der Waals surface area contributed by atoms with Gasteiger partial charge in [-0.25, -0.2) is 9.78 Å². The summed E-state index contributed by atoms with van der Waals surface area (Å²) < 4.78 is 5.56. The lowest BCUT2D eigenvalue weighted by molar-refractivity contribution is 0.0219. The van der Waals surface area contributed by atoms with E-state index in [0.29, 0.717) is 6.54 Å². The largest absolute Gasteiger partial charge is 0.444 e. The molecule has 1 aliphatic rings. The van der Waals surface area contributed by atoms with Crippen LogP contribution in [-0.4, -0.2) is 33.1 Å². The monoisotopic (exact) mass is 363 g/mol. The first-order valence-corrected chi connectivity index (χ1v) is 9.44. The SMILES string of the molecule is CC(C)(C)OC(=O)N1CCC[C@H]1c1ncc(-c2ccc3ccccc3c2)[nH]1. The Morgan fingerprint density at radius 3 is 2.74 bits per heavy atom. The van der Waals surface area contributed by atoms with Crippen LogP contribution in [0.15, 0.2) is 48.7 Å². The summed E-state index contributed by atoms with van der Waals surface area (Å²) >= 11 is 0. The van der Waals surface area contributed by atoms with E-state index in [9.17, 15) is 4.79 Å². The van der Waals surface area contributed by atoms with Crippen LogP contribution < -0.4 is 0 Å². The molecule has 2 aromatic carbocycles. The van der Waals surface area contributed by atoms with Crippen LogP contribution in [0, 0.1) is 0 Å². The maximum atomic E-state index is 12.5. The smallest absolute Gasteiger partial charge is 0.410 e. The Morgan fingerprint density at radius 2 is 1.96 bits per heavy atom. The zero-order chi connectivity index (χ0) is 19.0. The van der Waals surface area contributed by atoms with Gasteiger partial charge in [0.2, 0.25) is 0 Å². The van der Waals surface area contributed by atoms with E-state index < -0.39 is 5.60 Å². The highest BCUT2D eigenvalue weighted by molar-refractivity contribution is 5.86. The number of hydrogen-bond acceptors (Lipinski definition) is 3. The van der Waals surface area contributed by atoms with Gasteiger partial charge < -0.3 is 9.72 Å². The van der Waals surface area contributed by atoms with Gasteiger partial charge in [-0.05, 0) is 50.5 Å². The van der Waals surface area contributed by atoms with Gasteiger partial charge in [-0.15, -0.1) is 0 Å². The van der Waals surface area contributed by atoms with Crippen molar-refractivity contribution in [3.63, 3.8) is 0 Å². The molecule has 140 valence electrons. The van der Waals surface area contributed by atoms with Crippen molar-refractivity contribution in [3.8, 4) is 11.3 Å². The minimum absolute atomic E-state index is 0.0611. The summed E-state index contributed by atoms with van der Waals surface area (Å²) in [6, 6.07) is 14.6. The number of benzene rings is 2. The fourth-order valence-corrected chi connectivity index (χ4v) is 3.60. The van der Waals surface area contributed by atoms with Crippen molar-refractivity contribution in [2.45, 2.75) is 45.3 Å². The molecule has 0 aliphatic carbocycles. The third-order valence-electron chi connectivity index (χ3n) is 4.85. The van der Waals surface area contributed by atoms with Gasteiger partial charge in [0.05, 0.1) is 17.9 Å². The van der Waals surface area contributed by atoms with Gasteiger partial charge in [-0.3, -0.25) is 4.90 Å². The molecule has 0 saturated carbocycles. The summed E-state index contributed by atoms with van der Waals surface area (Å²) in [6.45, 7) is 6.37. The maximum absolute atomic E-state index is 12.5. The first kappa shape index (κ1) is 17.6. The van der Waals surface area contributed by atoms with E-state index in [1.807, 2.05) is 39.1 Å². The zero-order valence-electron chi connectivity index (χ0n) is 16.0. The van der Waals surface area contributed by atoms with Gasteiger partial charge in [0.1, 0.15) is 11.4 Å². The molecule has 5 heteroatoms. The van der Waals surface area contributed by atoms with Gasteiger partial charge in [-0.2, -0.15) is 0 Å². The highest BCUT2D eigenvalue weighted by Crippen LogP contribution is 2.33. The van der Waals surface area contributed by atoms with Crippen LogP contribution in [0.5, 0.6) is 0 Å². The number of ether oxygens (including phenoxy) is 1. The number of rotatable bonds is 2. The molecule has 0 radical (unpaired) electrons. The fraction of sp³-hybridized carbons (Fsp3) is 0.364. The second kappa shape index (κ2) is 6.72. The summed E-state index contributed by atoms with van der Waals surface area (Å²) in [5.41, 5.74) is 1.56. The van der Waals surface area contributed by atoms with Crippen molar-refractivity contribution >= 4 is 16.9 Å². The average Bonchev–Trinajstić information content (AvgIpc) is 3.29. The number of aromatic amines is 1. The molecule has 1 amide bonds. The van der Waals surface area contributed by atoms with Gasteiger partial charge in [0, 0.05) is 12.1 Å². The summed E-state index contributed by atoms with van der Waals surface area (Å²) in [5.74, 6) is 0.821. The number of aromatic nitrogens is 2. The van der Waals surface area contributed by atoms with E-state index in [2.05, 4.69) is 40.3 Å². The van der Waals surface area contributed by atoms with Crippen LogP contribution in [0.4, 0.5) is 4.79 Å². The predicted octanol–water partition coefficient (Wildman–Crippen LogP) is 5.30. The minimum atomic E-state index is -0.496. The first-order chi connectivity index (χ1) is 12.9. The number of likely N-dealkylation sites (tertiary alicyclic amines) is 1. The fourth-order valence-electron chi connectivity index (χ4n) is 3.60. The Labute approximate surface area is 159 Å². The Morgan fingerprint density at radius 1 is 1.19 bits per heavy atom. The van der Waals surface area contributed by atoms with Crippen molar-refractivity contribution in [2.24, 2.45) is 0 Å². The normalized spacial score (nSPS) is 17.4. The predicted molar refractivity (Wildman–Crippen MR) is 106 cm³/mol. The summed E-state index contributed by atoms with van der Waals surface area (Å²) in [4.78, 5) is 22.3. The van der Waals surface area contributed by atoms with Crippen LogP contribution >= 0.6 is 0 Å². The maximum Gasteiger partial charge on any atom is 0.410 e. The third-order valence-corrected chi connectivity index (χ3v) is 4.85. The number of carbonyl (C=O) groups is 1. The summed E-state index contributed by atoms with van der Waals surface area (Å²) in [7, 11) is 0. The molecule has 5 nitrogen and oxygen atoms in total.